The molecule has 6 heteroatoms. The van der Waals surface area contributed by atoms with Crippen molar-refractivity contribution in [1.82, 2.24) is 4.98 Å². The zero-order valence-electron chi connectivity index (χ0n) is 11.5. The fourth-order valence-electron chi connectivity index (χ4n) is 1.93. The first-order chi connectivity index (χ1) is 10.0. The van der Waals surface area contributed by atoms with Crippen molar-refractivity contribution in [3.8, 4) is 10.9 Å². The molecule has 0 spiro atoms. The van der Waals surface area contributed by atoms with E-state index < -0.39 is 4.92 Å². The number of thiazole rings is 1. The van der Waals surface area contributed by atoms with Gasteiger partial charge in [-0.2, -0.15) is 0 Å². The number of rotatable bonds is 3. The summed E-state index contributed by atoms with van der Waals surface area (Å²) in [4.78, 5) is 14.7. The maximum Gasteiger partial charge on any atom is 0.279 e. The Kier molecular flexibility index (Phi) is 3.31. The van der Waals surface area contributed by atoms with Crippen molar-refractivity contribution in [1.29, 1.82) is 0 Å². The average molecular weight is 300 g/mol. The normalized spacial score (nSPS) is 10.8. The van der Waals surface area contributed by atoms with Gasteiger partial charge in [0.15, 0.2) is 0 Å². The lowest BCUT2D eigenvalue weighted by molar-refractivity contribution is -0.384. The van der Waals surface area contributed by atoms with Crippen molar-refractivity contribution in [3.05, 3.63) is 57.6 Å². The van der Waals surface area contributed by atoms with Crippen LogP contribution < -0.4 is 4.74 Å². The van der Waals surface area contributed by atoms with Crippen LogP contribution in [0.15, 0.2) is 36.4 Å². The number of hydrogen-bond acceptors (Lipinski definition) is 5. The minimum Gasteiger partial charge on any atom is -0.431 e. The molecule has 0 saturated carbocycles. The second-order valence-electron chi connectivity index (χ2n) is 4.74. The summed E-state index contributed by atoms with van der Waals surface area (Å²) in [5.41, 5.74) is 3.10. The number of aromatic nitrogens is 1. The molecule has 0 atom stereocenters. The average Bonchev–Trinajstić information content (AvgIpc) is 2.84. The van der Waals surface area contributed by atoms with Crippen molar-refractivity contribution >= 4 is 27.2 Å². The monoisotopic (exact) mass is 300 g/mol. The molecular weight excluding hydrogens is 288 g/mol. The highest BCUT2D eigenvalue weighted by Crippen LogP contribution is 2.33. The van der Waals surface area contributed by atoms with Crippen LogP contribution in [-0.2, 0) is 0 Å². The molecule has 0 aliphatic rings. The molecular formula is C15H12N2O3S. The molecule has 1 aromatic heterocycles. The number of nitro benzene ring substituents is 1. The molecule has 0 aliphatic carbocycles. The van der Waals surface area contributed by atoms with Crippen LogP contribution in [0.4, 0.5) is 5.69 Å². The number of benzene rings is 2. The highest BCUT2D eigenvalue weighted by molar-refractivity contribution is 7.20. The van der Waals surface area contributed by atoms with Gasteiger partial charge in [-0.1, -0.05) is 17.4 Å². The molecule has 0 saturated heterocycles. The van der Waals surface area contributed by atoms with Crippen LogP contribution in [0.3, 0.4) is 0 Å². The third-order valence-corrected chi connectivity index (χ3v) is 4.14. The first kappa shape index (κ1) is 13.5. The third kappa shape index (κ3) is 2.71. The van der Waals surface area contributed by atoms with Gasteiger partial charge in [-0.15, -0.1) is 0 Å². The second-order valence-corrected chi connectivity index (χ2v) is 5.73. The summed E-state index contributed by atoms with van der Waals surface area (Å²) in [5.74, 6) is 0.714. The topological polar surface area (TPSA) is 65.3 Å². The summed E-state index contributed by atoms with van der Waals surface area (Å²) in [6.45, 7) is 4.06. The maximum absolute atomic E-state index is 10.8. The predicted octanol–water partition coefficient (Wildman–Crippen LogP) is 4.61. The van der Waals surface area contributed by atoms with Crippen LogP contribution in [0.5, 0.6) is 10.9 Å². The SMILES string of the molecule is Cc1ccc(Oc2nc3ccc([N+](=O)[O-])cc3s2)cc1C. The van der Waals surface area contributed by atoms with Gasteiger partial charge in [-0.25, -0.2) is 4.98 Å². The molecule has 1 heterocycles. The molecule has 3 aromatic rings. The van der Waals surface area contributed by atoms with Crippen LogP contribution in [0.25, 0.3) is 10.2 Å². The summed E-state index contributed by atoms with van der Waals surface area (Å²) in [7, 11) is 0. The van der Waals surface area contributed by atoms with Gasteiger partial charge in [0, 0.05) is 12.1 Å². The van der Waals surface area contributed by atoms with E-state index >= 15 is 0 Å². The lowest BCUT2D eigenvalue weighted by Gasteiger charge is -2.04. The summed E-state index contributed by atoms with van der Waals surface area (Å²) in [6, 6.07) is 10.4. The molecule has 0 fully saturated rings. The van der Waals surface area contributed by atoms with Crippen molar-refractivity contribution < 1.29 is 9.66 Å². The summed E-state index contributed by atoms with van der Waals surface area (Å²) < 4.78 is 6.48. The van der Waals surface area contributed by atoms with Gasteiger partial charge in [-0.05, 0) is 43.2 Å². The van der Waals surface area contributed by atoms with E-state index in [1.807, 2.05) is 32.0 Å². The third-order valence-electron chi connectivity index (χ3n) is 3.25. The summed E-state index contributed by atoms with van der Waals surface area (Å²) >= 11 is 1.30. The highest BCUT2D eigenvalue weighted by Gasteiger charge is 2.11. The minimum atomic E-state index is -0.414. The summed E-state index contributed by atoms with van der Waals surface area (Å²) in [6.07, 6.45) is 0. The molecule has 5 nitrogen and oxygen atoms in total. The number of non-ortho nitro benzene ring substituents is 1. The van der Waals surface area contributed by atoms with Crippen molar-refractivity contribution in [2.75, 3.05) is 0 Å². The number of fused-ring (bicyclic) bond motifs is 1. The van der Waals surface area contributed by atoms with Crippen molar-refractivity contribution in [3.63, 3.8) is 0 Å². The van der Waals surface area contributed by atoms with Gasteiger partial charge in [0.2, 0.25) is 0 Å². The van der Waals surface area contributed by atoms with Crippen LogP contribution in [0.1, 0.15) is 11.1 Å². The fraction of sp³-hybridized carbons (Fsp3) is 0.133. The van der Waals surface area contributed by atoms with E-state index in [9.17, 15) is 10.1 Å². The zero-order valence-corrected chi connectivity index (χ0v) is 12.3. The Labute approximate surface area is 125 Å². The fourth-order valence-corrected chi connectivity index (χ4v) is 2.80. The van der Waals surface area contributed by atoms with Gasteiger partial charge in [0.1, 0.15) is 5.75 Å². The first-order valence-electron chi connectivity index (χ1n) is 6.33. The van der Waals surface area contributed by atoms with Gasteiger partial charge in [0.25, 0.3) is 10.9 Å². The van der Waals surface area contributed by atoms with Crippen molar-refractivity contribution in [2.45, 2.75) is 13.8 Å². The van der Waals surface area contributed by atoms with E-state index in [2.05, 4.69) is 4.98 Å². The van der Waals surface area contributed by atoms with Crippen LogP contribution in [0, 0.1) is 24.0 Å². The summed E-state index contributed by atoms with van der Waals surface area (Å²) in [5, 5.41) is 11.3. The molecule has 0 aliphatic heterocycles. The van der Waals surface area contributed by atoms with E-state index in [1.54, 1.807) is 6.07 Å². The smallest absolute Gasteiger partial charge is 0.279 e. The quantitative estimate of drug-likeness (QED) is 0.523. The molecule has 106 valence electrons. The zero-order chi connectivity index (χ0) is 15.0. The van der Waals surface area contributed by atoms with Gasteiger partial charge >= 0.3 is 0 Å². The molecule has 3 rings (SSSR count). The standard InChI is InChI=1S/C15H12N2O3S/c1-9-3-5-12(7-10(9)2)20-15-16-13-6-4-11(17(18)19)8-14(13)21-15/h3-8H,1-2H3. The van der Waals surface area contributed by atoms with Crippen molar-refractivity contribution in [2.24, 2.45) is 0 Å². The van der Waals surface area contributed by atoms with E-state index in [0.29, 0.717) is 16.5 Å². The number of aryl methyl sites for hydroxylation is 2. The molecule has 21 heavy (non-hydrogen) atoms. The molecule has 0 unspecified atom stereocenters. The number of ether oxygens (including phenoxy) is 1. The van der Waals surface area contributed by atoms with E-state index in [0.717, 1.165) is 10.3 Å². The van der Waals surface area contributed by atoms with Gasteiger partial charge in [-0.3, -0.25) is 10.1 Å². The van der Waals surface area contributed by atoms with E-state index in [1.165, 1.54) is 29.0 Å². The Morgan fingerprint density at radius 3 is 2.67 bits per heavy atom. The second kappa shape index (κ2) is 5.14. The molecule has 0 N–H and O–H groups in total. The van der Waals surface area contributed by atoms with E-state index in [4.69, 9.17) is 4.74 Å². The van der Waals surface area contributed by atoms with Crippen LogP contribution >= 0.6 is 11.3 Å². The largest absolute Gasteiger partial charge is 0.431 e. The molecule has 2 aromatic carbocycles. The Bertz CT molecular complexity index is 842. The number of hydrogen-bond donors (Lipinski definition) is 0. The van der Waals surface area contributed by atoms with E-state index in [-0.39, 0.29) is 5.69 Å². The maximum atomic E-state index is 10.8. The Morgan fingerprint density at radius 2 is 1.95 bits per heavy atom. The predicted molar refractivity (Wildman–Crippen MR) is 82.3 cm³/mol. The minimum absolute atomic E-state index is 0.0591. The first-order valence-corrected chi connectivity index (χ1v) is 7.15. The number of nitrogens with zero attached hydrogens (tertiary/aromatic N) is 2. The Hall–Kier alpha value is -2.47. The molecule has 0 amide bonds. The number of nitro groups is 1. The van der Waals surface area contributed by atoms with Gasteiger partial charge < -0.3 is 4.74 Å². The lowest BCUT2D eigenvalue weighted by atomic mass is 10.1. The molecule has 0 bridgehead atoms. The van der Waals surface area contributed by atoms with Crippen LogP contribution in [-0.4, -0.2) is 9.91 Å². The molecule has 0 radical (unpaired) electrons. The Balaban J connectivity index is 1.93. The van der Waals surface area contributed by atoms with Gasteiger partial charge in [0.05, 0.1) is 15.1 Å². The Morgan fingerprint density at radius 1 is 1.14 bits per heavy atom. The highest BCUT2D eigenvalue weighted by atomic mass is 32.1. The van der Waals surface area contributed by atoms with Crippen LogP contribution in [0.2, 0.25) is 0 Å². The lowest BCUT2D eigenvalue weighted by Crippen LogP contribution is -1.86.